The molecule has 5 atom stereocenters. The Hall–Kier alpha value is -1.93. The molecule has 1 aliphatic rings. The molecule has 1 aliphatic heterocycles. The van der Waals surface area contributed by atoms with Gasteiger partial charge < -0.3 is 23.4 Å². The molecule has 2 heterocycles. The molecule has 1 aromatic heterocycles. The molecule has 196 valence electrons. The van der Waals surface area contributed by atoms with Crippen LogP contribution in [0.5, 0.6) is 0 Å². The minimum atomic E-state index is -1.68. The van der Waals surface area contributed by atoms with Crippen molar-refractivity contribution in [2.75, 3.05) is 19.8 Å². The molecule has 0 radical (unpaired) electrons. The minimum Gasteiger partial charge on any atom is -0.370 e. The second-order valence-corrected chi connectivity index (χ2v) is 10.1. The normalized spacial score (nSPS) is 23.6. The smallest absolute Gasteiger partial charge is 0.330 e. The number of Topliss-reactive ketones (excluding diaryl/α,β-unsaturated/α-hetero) is 1. The molecule has 12 heteroatoms. The van der Waals surface area contributed by atoms with Gasteiger partial charge >= 0.3 is 5.69 Å². The van der Waals surface area contributed by atoms with E-state index in [1.807, 2.05) is 27.7 Å². The van der Waals surface area contributed by atoms with Gasteiger partial charge in [0, 0.05) is 38.6 Å². The van der Waals surface area contributed by atoms with E-state index in [2.05, 4.69) is 14.5 Å². The highest BCUT2D eigenvalue weighted by molar-refractivity contribution is 7.44. The third-order valence-corrected chi connectivity index (χ3v) is 7.49. The molecule has 0 bridgehead atoms. The first-order valence-electron chi connectivity index (χ1n) is 12.5. The molecule has 0 aliphatic carbocycles. The van der Waals surface area contributed by atoms with Crippen LogP contribution in [-0.4, -0.2) is 70.2 Å². The van der Waals surface area contributed by atoms with Gasteiger partial charge in [-0.05, 0) is 34.6 Å². The van der Waals surface area contributed by atoms with Crippen LogP contribution in [0.3, 0.4) is 0 Å². The van der Waals surface area contributed by atoms with Crippen LogP contribution in [-0.2, 0) is 23.3 Å². The highest BCUT2D eigenvalue weighted by atomic mass is 31.2. The molecule has 0 amide bonds. The second kappa shape index (κ2) is 14.0. The molecule has 1 fully saturated rings. The first-order chi connectivity index (χ1) is 17.1. The number of rotatable bonds is 14. The predicted molar refractivity (Wildman–Crippen MR) is 132 cm³/mol. The molecule has 11 nitrogen and oxygen atoms in total. The van der Waals surface area contributed by atoms with E-state index < -0.39 is 44.3 Å². The van der Waals surface area contributed by atoms with Gasteiger partial charge in [0.15, 0.2) is 6.23 Å². The number of aromatic nitrogens is 2. The van der Waals surface area contributed by atoms with Gasteiger partial charge in [0.1, 0.15) is 24.6 Å². The van der Waals surface area contributed by atoms with E-state index in [1.54, 1.807) is 6.92 Å². The van der Waals surface area contributed by atoms with Gasteiger partial charge in [0.05, 0.1) is 12.7 Å². The lowest BCUT2D eigenvalue weighted by Gasteiger charge is -2.37. The fourth-order valence-electron chi connectivity index (χ4n) is 3.74. The van der Waals surface area contributed by atoms with Crippen LogP contribution in [0.2, 0.25) is 0 Å². The molecule has 2 rings (SSSR count). The Morgan fingerprint density at radius 3 is 2.60 bits per heavy atom. The molecule has 1 aromatic rings. The van der Waals surface area contributed by atoms with Crippen molar-refractivity contribution < 1.29 is 24.7 Å². The Labute approximate surface area is 208 Å². The van der Waals surface area contributed by atoms with E-state index in [9.17, 15) is 14.4 Å². The fourth-order valence-corrected chi connectivity index (χ4v) is 5.50. The van der Waals surface area contributed by atoms with Crippen molar-refractivity contribution in [3.05, 3.63) is 44.5 Å². The Morgan fingerprint density at radius 2 is 2.03 bits per heavy atom. The summed E-state index contributed by atoms with van der Waals surface area (Å²) < 4.78 is 36.0. The monoisotopic (exact) mass is 513 g/mol. The van der Waals surface area contributed by atoms with Crippen molar-refractivity contribution in [3.8, 4) is 0 Å². The topological polar surface area (TPSA) is 116 Å². The van der Waals surface area contributed by atoms with Crippen LogP contribution in [0.25, 0.3) is 4.85 Å². The van der Waals surface area contributed by atoms with Crippen molar-refractivity contribution in [1.82, 2.24) is 14.2 Å². The van der Waals surface area contributed by atoms with Crippen LogP contribution >= 0.6 is 8.53 Å². The number of H-pyrrole nitrogens is 1. The number of ketones is 1. The van der Waals surface area contributed by atoms with E-state index in [-0.39, 0.29) is 50.9 Å². The number of carbonyl (C=O) groups excluding carboxylic acids is 1. The quantitative estimate of drug-likeness (QED) is 0.229. The number of hydrogen-bond acceptors (Lipinski definition) is 8. The van der Waals surface area contributed by atoms with Crippen molar-refractivity contribution in [2.24, 2.45) is 0 Å². The number of aromatic amines is 1. The molecule has 35 heavy (non-hydrogen) atoms. The van der Waals surface area contributed by atoms with Gasteiger partial charge in [-0.2, -0.15) is 0 Å². The predicted octanol–water partition coefficient (Wildman–Crippen LogP) is 2.88. The number of nitrogens with zero attached hydrogens (tertiary/aromatic N) is 3. The lowest BCUT2D eigenvalue weighted by Crippen LogP contribution is -2.41. The van der Waals surface area contributed by atoms with Gasteiger partial charge in [-0.3, -0.25) is 19.1 Å². The highest BCUT2D eigenvalue weighted by Crippen LogP contribution is 2.50. The van der Waals surface area contributed by atoms with Crippen molar-refractivity contribution in [1.29, 1.82) is 0 Å². The van der Waals surface area contributed by atoms with E-state index in [0.29, 0.717) is 6.42 Å². The number of ether oxygens (including phenoxy) is 2. The van der Waals surface area contributed by atoms with Crippen LogP contribution in [0.15, 0.2) is 21.9 Å². The third kappa shape index (κ3) is 8.04. The Bertz CT molecular complexity index is 988. The van der Waals surface area contributed by atoms with Crippen molar-refractivity contribution in [3.63, 3.8) is 0 Å². The van der Waals surface area contributed by atoms with Crippen molar-refractivity contribution >= 4 is 14.3 Å². The lowest BCUT2D eigenvalue weighted by atomic mass is 10.1. The van der Waals surface area contributed by atoms with Gasteiger partial charge in [-0.15, -0.1) is 0 Å². The van der Waals surface area contributed by atoms with Crippen LogP contribution < -0.4 is 11.2 Å². The third-order valence-electron chi connectivity index (χ3n) is 5.36. The first-order valence-corrected chi connectivity index (χ1v) is 12.9. The molecular formula is C23H37N4O7P. The summed E-state index contributed by atoms with van der Waals surface area (Å²) in [5, 5.41) is 0. The summed E-state index contributed by atoms with van der Waals surface area (Å²) in [6, 6.07) is 1.31. The van der Waals surface area contributed by atoms with Crippen LogP contribution in [0.1, 0.15) is 62.0 Å². The zero-order chi connectivity index (χ0) is 26.8. The summed E-state index contributed by atoms with van der Waals surface area (Å²) in [5.74, 6) is 0.0247. The summed E-state index contributed by atoms with van der Waals surface area (Å²) in [5.41, 5.74) is -1.23. The minimum absolute atomic E-state index is 0.0247. The first kappa shape index (κ1) is 27.7. The van der Waals surface area contributed by atoms with Crippen LogP contribution in [0, 0.1) is 6.57 Å². The van der Waals surface area contributed by atoms with E-state index in [4.69, 9.17) is 26.5 Å². The van der Waals surface area contributed by atoms with Crippen LogP contribution in [0.4, 0.5) is 0 Å². The van der Waals surface area contributed by atoms with Gasteiger partial charge in [0.2, 0.25) is 6.54 Å². The summed E-state index contributed by atoms with van der Waals surface area (Å²) in [7, 11) is -1.68. The fraction of sp³-hybridized carbons (Fsp3) is 0.739. The zero-order valence-electron chi connectivity index (χ0n) is 22.0. The molecule has 0 spiro atoms. The van der Waals surface area contributed by atoms with E-state index in [1.165, 1.54) is 16.8 Å². The van der Waals surface area contributed by atoms with E-state index >= 15 is 0 Å². The molecule has 1 saturated heterocycles. The molecule has 1 unspecified atom stereocenters. The Morgan fingerprint density at radius 1 is 1.31 bits per heavy atom. The molecule has 0 saturated carbocycles. The van der Waals surface area contributed by atoms with Gasteiger partial charge in [-0.1, -0.05) is 6.92 Å². The lowest BCUT2D eigenvalue weighted by molar-refractivity contribution is -0.122. The summed E-state index contributed by atoms with van der Waals surface area (Å²) in [6.07, 6.45) is -1.55. The standard InChI is InChI=1S/C23H37N4O7P/c1-8-18(28)10-13-31-21-20(17(6)33-22(21)26-12-9-19(29)25-23(26)30)34-35(32-14-11-24-7)27(15(2)3)16(4)5/h9,12,15-17,20-22H,8,10-11,13-14H2,1-6H3,(H,25,29,30)/t17-,20-,21-,22-,35?/m1/s1/i6D. The average Bonchev–Trinajstić information content (AvgIpc) is 3.15. The number of carbonyl (C=O) groups is 1. The largest absolute Gasteiger partial charge is 0.370 e. The maximum Gasteiger partial charge on any atom is 0.330 e. The molecule has 1 N–H and O–H groups in total. The summed E-state index contributed by atoms with van der Waals surface area (Å²) in [4.78, 5) is 41.6. The van der Waals surface area contributed by atoms with Gasteiger partial charge in [-0.25, -0.2) is 16.0 Å². The second-order valence-electron chi connectivity index (χ2n) is 8.65. The summed E-state index contributed by atoms with van der Waals surface area (Å²) in [6.45, 7) is 17.1. The van der Waals surface area contributed by atoms with Crippen molar-refractivity contribution in [2.45, 2.75) is 91.0 Å². The number of hydrogen-bond donors (Lipinski definition) is 1. The maximum atomic E-state index is 12.6. The SMILES string of the molecule is [2H]C[C@H]1O[C@@H](n2ccc(=O)[nH]c2=O)[C@H](OCCC(=O)CC)[C@@H]1OP(OCC[N+]#[C-])N(C(C)C)C(C)C. The zero-order valence-corrected chi connectivity index (χ0v) is 21.9. The molecule has 0 aromatic carbocycles. The van der Waals surface area contributed by atoms with E-state index in [0.717, 1.165) is 0 Å². The Balaban J connectivity index is 2.43. The maximum absolute atomic E-state index is 12.6. The molecular weight excluding hydrogens is 475 g/mol. The highest BCUT2D eigenvalue weighted by Gasteiger charge is 2.48. The number of nitrogens with one attached hydrogen (secondary N) is 1. The summed E-state index contributed by atoms with van der Waals surface area (Å²) >= 11 is 0. The van der Waals surface area contributed by atoms with Gasteiger partial charge in [0.25, 0.3) is 14.1 Å². The average molecular weight is 514 g/mol. The Kier molecular flexibility index (Phi) is 11.0.